The lowest BCUT2D eigenvalue weighted by atomic mass is 9.86. The van der Waals surface area contributed by atoms with E-state index in [0.717, 1.165) is 52.6 Å². The lowest BCUT2D eigenvalue weighted by molar-refractivity contribution is 0.169. The highest BCUT2D eigenvalue weighted by Crippen LogP contribution is 2.48. The van der Waals surface area contributed by atoms with Crippen LogP contribution in [0.5, 0.6) is 28.7 Å². The average molecular weight is 502 g/mol. The topological polar surface area (TPSA) is 71.4 Å². The van der Waals surface area contributed by atoms with Gasteiger partial charge < -0.3 is 24.4 Å². The summed E-state index contributed by atoms with van der Waals surface area (Å²) in [5.74, 6) is 2.93. The Balaban J connectivity index is 1.43. The van der Waals surface area contributed by atoms with Gasteiger partial charge in [-0.25, -0.2) is 0 Å². The summed E-state index contributed by atoms with van der Waals surface area (Å²) < 4.78 is 17.9. The largest absolute Gasteiger partial charge is 0.508 e. The van der Waals surface area contributed by atoms with E-state index in [4.69, 9.17) is 14.2 Å². The smallest absolute Gasteiger partial charge is 0.160 e. The van der Waals surface area contributed by atoms with Crippen molar-refractivity contribution < 1.29 is 24.4 Å². The molecule has 0 aliphatic carbocycles. The Labute approximate surface area is 218 Å². The molecule has 2 heterocycles. The van der Waals surface area contributed by atoms with Crippen LogP contribution in [0.4, 0.5) is 0 Å². The molecule has 3 aromatic rings. The average Bonchev–Trinajstić information content (AvgIpc) is 3.34. The second-order valence-corrected chi connectivity index (χ2v) is 10.2. The molecule has 2 aliphatic rings. The number of hydrogen-bond acceptors (Lipinski definition) is 6. The van der Waals surface area contributed by atoms with Crippen LogP contribution in [-0.4, -0.2) is 48.0 Å². The molecule has 3 atom stereocenters. The maximum atomic E-state index is 10.5. The molecular weight excluding hydrogens is 466 g/mol. The molecule has 0 amide bonds. The molecule has 3 aromatic carbocycles. The van der Waals surface area contributed by atoms with E-state index in [2.05, 4.69) is 18.7 Å². The van der Waals surface area contributed by atoms with Crippen LogP contribution in [0.2, 0.25) is 0 Å². The normalized spacial score (nSPS) is 20.3. The maximum Gasteiger partial charge on any atom is 0.160 e. The van der Waals surface area contributed by atoms with Crippen LogP contribution < -0.4 is 14.2 Å². The van der Waals surface area contributed by atoms with E-state index < -0.39 is 6.10 Å². The molecule has 5 rings (SSSR count). The number of phenolic OH excluding ortho intramolecular Hbond substituents is 2. The van der Waals surface area contributed by atoms with Crippen LogP contribution in [0.1, 0.15) is 50.0 Å². The summed E-state index contributed by atoms with van der Waals surface area (Å²) in [5.41, 5.74) is 4.51. The van der Waals surface area contributed by atoms with Crippen molar-refractivity contribution in [3.8, 4) is 28.7 Å². The number of allylic oxidation sites excluding steroid dienone is 1. The van der Waals surface area contributed by atoms with Gasteiger partial charge in [-0.3, -0.25) is 4.90 Å². The molecule has 0 radical (unpaired) electrons. The number of aromatic hydroxyl groups is 2. The van der Waals surface area contributed by atoms with Gasteiger partial charge in [0, 0.05) is 23.7 Å². The second-order valence-electron chi connectivity index (χ2n) is 10.2. The zero-order valence-corrected chi connectivity index (χ0v) is 21.9. The first-order chi connectivity index (χ1) is 17.8. The minimum Gasteiger partial charge on any atom is -0.508 e. The number of nitrogens with zero attached hydrogens (tertiary/aromatic N) is 1. The van der Waals surface area contributed by atoms with Gasteiger partial charge in [0.2, 0.25) is 0 Å². The first-order valence-electron chi connectivity index (χ1n) is 12.9. The van der Waals surface area contributed by atoms with Crippen molar-refractivity contribution in [2.75, 3.05) is 26.8 Å². The fraction of sp³-hybridized carbons (Fsp3) is 0.355. The zero-order chi connectivity index (χ0) is 26.1. The van der Waals surface area contributed by atoms with Crippen LogP contribution in [0.25, 0.3) is 11.1 Å². The molecule has 2 N–H and O–H groups in total. The van der Waals surface area contributed by atoms with E-state index in [1.54, 1.807) is 30.3 Å². The van der Waals surface area contributed by atoms with E-state index in [1.165, 1.54) is 13.5 Å². The van der Waals surface area contributed by atoms with Crippen LogP contribution >= 0.6 is 0 Å². The number of ether oxygens (including phenoxy) is 3. The monoisotopic (exact) mass is 501 g/mol. The summed E-state index contributed by atoms with van der Waals surface area (Å²) in [4.78, 5) is 2.49. The summed E-state index contributed by atoms with van der Waals surface area (Å²) in [6.45, 7) is 9.47. The molecule has 6 heteroatoms. The van der Waals surface area contributed by atoms with Gasteiger partial charge in [0.15, 0.2) is 11.5 Å². The highest BCUT2D eigenvalue weighted by atomic mass is 16.5. The van der Waals surface area contributed by atoms with Gasteiger partial charge in [0.05, 0.1) is 7.11 Å². The molecule has 0 spiro atoms. The van der Waals surface area contributed by atoms with E-state index in [0.29, 0.717) is 24.1 Å². The number of phenols is 2. The second kappa shape index (κ2) is 10.4. The lowest BCUT2D eigenvalue weighted by Crippen LogP contribution is -2.35. The minimum absolute atomic E-state index is 0.0611. The van der Waals surface area contributed by atoms with Gasteiger partial charge >= 0.3 is 0 Å². The number of benzene rings is 3. The van der Waals surface area contributed by atoms with Crippen molar-refractivity contribution in [2.45, 2.75) is 39.3 Å². The SMILES string of the molecule is COc1ccc(C2=C(C)c3cc(O)ccc3OC2c2ccc(OC[C@H](C)N3CC[C@@H](C)C3)cc2)cc1O. The van der Waals surface area contributed by atoms with Crippen molar-refractivity contribution in [1.29, 1.82) is 0 Å². The van der Waals surface area contributed by atoms with Crippen molar-refractivity contribution in [3.05, 3.63) is 77.4 Å². The number of methoxy groups -OCH3 is 1. The van der Waals surface area contributed by atoms with E-state index in [-0.39, 0.29) is 11.5 Å². The number of likely N-dealkylation sites (tertiary alicyclic amines) is 1. The standard InChI is InChI=1S/C31H35NO5/c1-19-13-14-32(17-19)20(2)18-36-25-9-5-22(6-10-25)31-30(23-7-11-29(35-4)27(34)15-23)21(3)26-16-24(33)8-12-28(26)37-31/h5-12,15-16,19-20,31,33-34H,13-14,17-18H2,1-4H3/t19-,20+,31?/m1/s1. The van der Waals surface area contributed by atoms with E-state index >= 15 is 0 Å². The quantitative estimate of drug-likeness (QED) is 0.397. The highest BCUT2D eigenvalue weighted by molar-refractivity contribution is 5.96. The molecule has 0 bridgehead atoms. The van der Waals surface area contributed by atoms with Crippen LogP contribution in [-0.2, 0) is 0 Å². The first-order valence-corrected chi connectivity index (χ1v) is 12.9. The summed E-state index contributed by atoms with van der Waals surface area (Å²) >= 11 is 0. The molecule has 6 nitrogen and oxygen atoms in total. The molecule has 37 heavy (non-hydrogen) atoms. The number of rotatable bonds is 7. The first kappa shape index (κ1) is 25.0. The number of fused-ring (bicyclic) bond motifs is 1. The van der Waals surface area contributed by atoms with Gasteiger partial charge in [-0.05, 0) is 91.9 Å². The zero-order valence-electron chi connectivity index (χ0n) is 21.9. The Morgan fingerprint density at radius 2 is 1.84 bits per heavy atom. The summed E-state index contributed by atoms with van der Waals surface area (Å²) in [7, 11) is 1.53. The third-order valence-electron chi connectivity index (χ3n) is 7.52. The van der Waals surface area contributed by atoms with Crippen molar-refractivity contribution in [1.82, 2.24) is 4.90 Å². The fourth-order valence-corrected chi connectivity index (χ4v) is 5.33. The molecule has 1 saturated heterocycles. The molecule has 0 saturated carbocycles. The predicted molar refractivity (Wildman–Crippen MR) is 145 cm³/mol. The Bertz CT molecular complexity index is 1300. The Morgan fingerprint density at radius 1 is 1.05 bits per heavy atom. The van der Waals surface area contributed by atoms with Gasteiger partial charge in [-0.1, -0.05) is 25.1 Å². The Morgan fingerprint density at radius 3 is 2.51 bits per heavy atom. The van der Waals surface area contributed by atoms with E-state index in [9.17, 15) is 10.2 Å². The molecular formula is C31H35NO5. The Kier molecular flexibility index (Phi) is 7.02. The maximum absolute atomic E-state index is 10.5. The van der Waals surface area contributed by atoms with Gasteiger partial charge in [0.25, 0.3) is 0 Å². The van der Waals surface area contributed by atoms with Crippen LogP contribution in [0, 0.1) is 5.92 Å². The summed E-state index contributed by atoms with van der Waals surface area (Å²) in [5, 5.41) is 20.6. The van der Waals surface area contributed by atoms with Crippen LogP contribution in [0.15, 0.2) is 60.7 Å². The fourth-order valence-electron chi connectivity index (χ4n) is 5.33. The summed E-state index contributed by atoms with van der Waals surface area (Å²) in [6, 6.07) is 18.9. The molecule has 1 unspecified atom stereocenters. The molecule has 2 aliphatic heterocycles. The minimum atomic E-state index is -0.399. The third-order valence-corrected chi connectivity index (χ3v) is 7.52. The molecule has 0 aromatic heterocycles. The predicted octanol–water partition coefficient (Wildman–Crippen LogP) is 6.28. The van der Waals surface area contributed by atoms with Crippen molar-refractivity contribution in [3.63, 3.8) is 0 Å². The van der Waals surface area contributed by atoms with Crippen molar-refractivity contribution >= 4 is 11.1 Å². The molecule has 1 fully saturated rings. The van der Waals surface area contributed by atoms with Crippen molar-refractivity contribution in [2.24, 2.45) is 5.92 Å². The highest BCUT2D eigenvalue weighted by Gasteiger charge is 2.30. The van der Waals surface area contributed by atoms with Gasteiger partial charge in [0.1, 0.15) is 30.0 Å². The third kappa shape index (κ3) is 5.12. The van der Waals surface area contributed by atoms with Crippen LogP contribution in [0.3, 0.4) is 0 Å². The van der Waals surface area contributed by atoms with Gasteiger partial charge in [-0.15, -0.1) is 0 Å². The van der Waals surface area contributed by atoms with Gasteiger partial charge in [-0.2, -0.15) is 0 Å². The van der Waals surface area contributed by atoms with E-state index in [1.807, 2.05) is 37.3 Å². The summed E-state index contributed by atoms with van der Waals surface area (Å²) in [6.07, 6.45) is 0.855. The lowest BCUT2D eigenvalue weighted by Gasteiger charge is -2.31. The molecule has 194 valence electrons. The number of hydrogen-bond donors (Lipinski definition) is 2. The Hall–Kier alpha value is -3.64.